The first kappa shape index (κ1) is 12.8. The first-order valence-electron chi connectivity index (χ1n) is 6.87. The molecule has 0 amide bonds. The average Bonchev–Trinajstić information content (AvgIpc) is 2.43. The van der Waals surface area contributed by atoms with Crippen molar-refractivity contribution < 1.29 is 4.84 Å². The minimum Gasteiger partial charge on any atom is -0.270 e. The Labute approximate surface area is 119 Å². The first-order chi connectivity index (χ1) is 9.74. The maximum atomic E-state index is 5.98. The summed E-state index contributed by atoms with van der Waals surface area (Å²) in [5.74, 6) is 6.52. The molecule has 0 spiro atoms. The van der Waals surface area contributed by atoms with E-state index in [-0.39, 0.29) is 6.10 Å². The predicted octanol–water partition coefficient (Wildman–Crippen LogP) is 3.75. The molecule has 0 radical (unpaired) electrons. The molecule has 2 heteroatoms. The summed E-state index contributed by atoms with van der Waals surface area (Å²) in [5, 5.41) is 1.95. The second kappa shape index (κ2) is 5.40. The van der Waals surface area contributed by atoms with Crippen LogP contribution in [0.4, 0.5) is 5.69 Å². The Balaban J connectivity index is 2.12. The SMILES string of the molecule is CC(C)ON1Cc2ccccc2C#Cc2ccccc21. The lowest BCUT2D eigenvalue weighted by Crippen LogP contribution is -2.28. The molecule has 0 atom stereocenters. The molecule has 2 aromatic rings. The van der Waals surface area contributed by atoms with Crippen molar-refractivity contribution in [1.82, 2.24) is 0 Å². The summed E-state index contributed by atoms with van der Waals surface area (Å²) in [4.78, 5) is 5.98. The van der Waals surface area contributed by atoms with Crippen LogP contribution in [0.25, 0.3) is 0 Å². The van der Waals surface area contributed by atoms with Gasteiger partial charge in [-0.3, -0.25) is 4.84 Å². The summed E-state index contributed by atoms with van der Waals surface area (Å²) in [6.45, 7) is 4.79. The number of nitrogens with zero attached hydrogens (tertiary/aromatic N) is 1. The second-order valence-electron chi connectivity index (χ2n) is 5.12. The molecule has 3 rings (SSSR count). The fourth-order valence-corrected chi connectivity index (χ4v) is 2.30. The van der Waals surface area contributed by atoms with Gasteiger partial charge in [-0.25, -0.2) is 5.06 Å². The van der Waals surface area contributed by atoms with Gasteiger partial charge in [0, 0.05) is 5.56 Å². The summed E-state index contributed by atoms with van der Waals surface area (Å²) >= 11 is 0. The lowest BCUT2D eigenvalue weighted by Gasteiger charge is -2.28. The molecule has 2 nitrogen and oxygen atoms in total. The molecule has 2 aromatic carbocycles. The van der Waals surface area contributed by atoms with Crippen molar-refractivity contribution in [2.45, 2.75) is 26.5 Å². The monoisotopic (exact) mass is 263 g/mol. The van der Waals surface area contributed by atoms with E-state index in [0.29, 0.717) is 6.54 Å². The number of rotatable bonds is 2. The van der Waals surface area contributed by atoms with E-state index < -0.39 is 0 Å². The van der Waals surface area contributed by atoms with Crippen molar-refractivity contribution in [2.75, 3.05) is 5.06 Å². The molecular weight excluding hydrogens is 246 g/mol. The van der Waals surface area contributed by atoms with Gasteiger partial charge in [0.15, 0.2) is 0 Å². The average molecular weight is 263 g/mol. The van der Waals surface area contributed by atoms with Crippen LogP contribution in [0.1, 0.15) is 30.5 Å². The van der Waals surface area contributed by atoms with Crippen molar-refractivity contribution in [3.05, 3.63) is 65.2 Å². The highest BCUT2D eigenvalue weighted by atomic mass is 16.7. The van der Waals surface area contributed by atoms with E-state index in [4.69, 9.17) is 4.84 Å². The first-order valence-corrected chi connectivity index (χ1v) is 6.87. The van der Waals surface area contributed by atoms with Crippen LogP contribution >= 0.6 is 0 Å². The van der Waals surface area contributed by atoms with Gasteiger partial charge in [-0.2, -0.15) is 0 Å². The minimum atomic E-state index is 0.127. The van der Waals surface area contributed by atoms with Crippen LogP contribution in [-0.2, 0) is 11.4 Å². The molecule has 1 aliphatic rings. The third kappa shape index (κ3) is 2.54. The van der Waals surface area contributed by atoms with E-state index in [1.807, 2.05) is 49.2 Å². The van der Waals surface area contributed by atoms with E-state index in [2.05, 4.69) is 30.0 Å². The molecule has 0 saturated carbocycles. The van der Waals surface area contributed by atoms with Crippen LogP contribution in [0.2, 0.25) is 0 Å². The van der Waals surface area contributed by atoms with E-state index in [9.17, 15) is 0 Å². The van der Waals surface area contributed by atoms with Gasteiger partial charge in [0.1, 0.15) is 0 Å². The Morgan fingerprint density at radius 3 is 2.40 bits per heavy atom. The summed E-state index contributed by atoms with van der Waals surface area (Å²) < 4.78 is 0. The lowest BCUT2D eigenvalue weighted by molar-refractivity contribution is 0.0525. The highest BCUT2D eigenvalue weighted by Crippen LogP contribution is 2.25. The molecule has 0 saturated heterocycles. The van der Waals surface area contributed by atoms with Crippen LogP contribution in [0.3, 0.4) is 0 Å². The van der Waals surface area contributed by atoms with Gasteiger partial charge in [0.05, 0.1) is 23.9 Å². The molecule has 1 heterocycles. The van der Waals surface area contributed by atoms with Gasteiger partial charge in [0.25, 0.3) is 0 Å². The van der Waals surface area contributed by atoms with Gasteiger partial charge in [-0.1, -0.05) is 42.2 Å². The Bertz CT molecular complexity index is 679. The minimum absolute atomic E-state index is 0.127. The third-order valence-electron chi connectivity index (χ3n) is 3.17. The molecule has 20 heavy (non-hydrogen) atoms. The number of anilines is 1. The van der Waals surface area contributed by atoms with E-state index >= 15 is 0 Å². The predicted molar refractivity (Wildman–Crippen MR) is 81.3 cm³/mol. The number of hydrogen-bond donors (Lipinski definition) is 0. The highest BCUT2D eigenvalue weighted by Gasteiger charge is 2.16. The number of hydrogen-bond acceptors (Lipinski definition) is 2. The molecule has 1 aliphatic heterocycles. The highest BCUT2D eigenvalue weighted by molar-refractivity contribution is 5.63. The van der Waals surface area contributed by atoms with Crippen LogP contribution in [-0.4, -0.2) is 6.10 Å². The standard InChI is InChI=1S/C18H17NO/c1-14(2)20-19-13-17-9-4-3-7-15(17)11-12-16-8-5-6-10-18(16)19/h3-10,14H,13H2,1-2H3. The van der Waals surface area contributed by atoms with Crippen molar-refractivity contribution in [3.8, 4) is 11.8 Å². The summed E-state index contributed by atoms with van der Waals surface area (Å²) in [7, 11) is 0. The number of hydroxylamine groups is 1. The maximum absolute atomic E-state index is 5.98. The van der Waals surface area contributed by atoms with Gasteiger partial charge in [0.2, 0.25) is 0 Å². The Morgan fingerprint density at radius 2 is 1.60 bits per heavy atom. The van der Waals surface area contributed by atoms with E-state index in [1.54, 1.807) is 0 Å². The largest absolute Gasteiger partial charge is 0.270 e. The summed E-state index contributed by atoms with van der Waals surface area (Å²) in [6, 6.07) is 16.3. The zero-order chi connectivity index (χ0) is 13.9. The topological polar surface area (TPSA) is 12.5 Å². The Morgan fingerprint density at radius 1 is 0.950 bits per heavy atom. The number of fused-ring (bicyclic) bond motifs is 2. The normalized spacial score (nSPS) is 12.8. The van der Waals surface area contributed by atoms with Crippen molar-refractivity contribution in [1.29, 1.82) is 0 Å². The van der Waals surface area contributed by atoms with Gasteiger partial charge in [-0.05, 0) is 37.6 Å². The second-order valence-corrected chi connectivity index (χ2v) is 5.12. The van der Waals surface area contributed by atoms with E-state index in [0.717, 1.165) is 16.8 Å². The fourth-order valence-electron chi connectivity index (χ4n) is 2.30. The van der Waals surface area contributed by atoms with Gasteiger partial charge < -0.3 is 0 Å². The third-order valence-corrected chi connectivity index (χ3v) is 3.17. The van der Waals surface area contributed by atoms with Crippen molar-refractivity contribution >= 4 is 5.69 Å². The summed E-state index contributed by atoms with van der Waals surface area (Å²) in [6.07, 6.45) is 0.127. The zero-order valence-corrected chi connectivity index (χ0v) is 11.8. The molecule has 0 fully saturated rings. The van der Waals surface area contributed by atoms with Crippen molar-refractivity contribution in [2.24, 2.45) is 0 Å². The lowest BCUT2D eigenvalue weighted by atomic mass is 10.0. The molecular formula is C18H17NO. The molecule has 100 valence electrons. The van der Waals surface area contributed by atoms with Gasteiger partial charge >= 0.3 is 0 Å². The Kier molecular flexibility index (Phi) is 3.45. The zero-order valence-electron chi connectivity index (χ0n) is 11.8. The van der Waals surface area contributed by atoms with E-state index in [1.165, 1.54) is 5.56 Å². The number of para-hydroxylation sites is 1. The molecule has 0 aliphatic carbocycles. The molecule has 0 N–H and O–H groups in total. The molecule has 0 aromatic heterocycles. The van der Waals surface area contributed by atoms with Crippen LogP contribution in [0.5, 0.6) is 0 Å². The van der Waals surface area contributed by atoms with Crippen molar-refractivity contribution in [3.63, 3.8) is 0 Å². The smallest absolute Gasteiger partial charge is 0.0800 e. The quantitative estimate of drug-likeness (QED) is 0.765. The summed E-state index contributed by atoms with van der Waals surface area (Å²) in [5.41, 5.74) is 4.29. The maximum Gasteiger partial charge on any atom is 0.0800 e. The Hall–Kier alpha value is -2.24. The van der Waals surface area contributed by atoms with Crippen LogP contribution < -0.4 is 5.06 Å². The fraction of sp³-hybridized carbons (Fsp3) is 0.222. The number of benzene rings is 2. The van der Waals surface area contributed by atoms with Crippen LogP contribution in [0.15, 0.2) is 48.5 Å². The molecule has 0 bridgehead atoms. The van der Waals surface area contributed by atoms with Gasteiger partial charge in [-0.15, -0.1) is 0 Å². The van der Waals surface area contributed by atoms with Crippen LogP contribution in [0, 0.1) is 11.8 Å². The molecule has 0 unspecified atom stereocenters.